The van der Waals surface area contributed by atoms with Gasteiger partial charge in [-0.2, -0.15) is 0 Å². The normalized spacial score (nSPS) is 40.0. The monoisotopic (exact) mass is 140 g/mol. The van der Waals surface area contributed by atoms with E-state index < -0.39 is 5.60 Å². The highest BCUT2D eigenvalue weighted by Crippen LogP contribution is 2.37. The second-order valence-electron chi connectivity index (χ2n) is 3.47. The fourth-order valence-electron chi connectivity index (χ4n) is 1.79. The predicted molar refractivity (Wildman–Crippen MR) is 42.8 cm³/mol. The van der Waals surface area contributed by atoms with Gasteiger partial charge in [0.1, 0.15) is 0 Å². The van der Waals surface area contributed by atoms with Crippen LogP contribution in [0.25, 0.3) is 0 Å². The molecule has 1 N–H and O–H groups in total. The topological polar surface area (TPSA) is 20.2 Å². The zero-order valence-corrected chi connectivity index (χ0v) is 6.64. The van der Waals surface area contributed by atoms with Crippen LogP contribution in [0.1, 0.15) is 32.6 Å². The Kier molecular flexibility index (Phi) is 2.14. The Balaban J connectivity index is 2.50. The first-order valence-electron chi connectivity index (χ1n) is 4.00. The summed E-state index contributed by atoms with van der Waals surface area (Å²) < 4.78 is 0. The zero-order chi connectivity index (χ0) is 7.61. The molecule has 0 bridgehead atoms. The molecule has 1 fully saturated rings. The Morgan fingerprint density at radius 3 is 2.90 bits per heavy atom. The molecule has 1 aliphatic rings. The molecule has 0 aromatic heterocycles. The van der Waals surface area contributed by atoms with Crippen molar-refractivity contribution in [3.05, 3.63) is 12.7 Å². The van der Waals surface area contributed by atoms with Crippen molar-refractivity contribution in [2.75, 3.05) is 0 Å². The average Bonchev–Trinajstić information content (AvgIpc) is 2.13. The number of allylic oxidation sites excluding steroid dienone is 1. The van der Waals surface area contributed by atoms with Crippen molar-refractivity contribution in [1.82, 2.24) is 0 Å². The van der Waals surface area contributed by atoms with Gasteiger partial charge in [-0.15, -0.1) is 6.58 Å². The third-order valence-electron chi connectivity index (χ3n) is 2.57. The maximum Gasteiger partial charge on any atom is 0.0650 e. The van der Waals surface area contributed by atoms with Crippen molar-refractivity contribution >= 4 is 0 Å². The highest BCUT2D eigenvalue weighted by molar-refractivity contribution is 4.91. The van der Waals surface area contributed by atoms with E-state index in [1.165, 1.54) is 12.8 Å². The van der Waals surface area contributed by atoms with Gasteiger partial charge in [-0.1, -0.05) is 12.5 Å². The molecule has 1 rings (SSSR count). The van der Waals surface area contributed by atoms with E-state index in [1.807, 2.05) is 13.0 Å². The second kappa shape index (κ2) is 2.75. The largest absolute Gasteiger partial charge is 0.390 e. The minimum absolute atomic E-state index is 0.409. The van der Waals surface area contributed by atoms with E-state index in [2.05, 4.69) is 6.58 Å². The molecule has 0 amide bonds. The van der Waals surface area contributed by atoms with Crippen LogP contribution < -0.4 is 0 Å². The Labute approximate surface area is 62.8 Å². The lowest BCUT2D eigenvalue weighted by atomic mass is 9.90. The summed E-state index contributed by atoms with van der Waals surface area (Å²) in [7, 11) is 0. The molecule has 1 heteroatoms. The lowest BCUT2D eigenvalue weighted by Crippen LogP contribution is -2.28. The molecule has 0 radical (unpaired) electrons. The average molecular weight is 140 g/mol. The fraction of sp³-hybridized carbons (Fsp3) is 0.778. The summed E-state index contributed by atoms with van der Waals surface area (Å²) in [4.78, 5) is 0. The summed E-state index contributed by atoms with van der Waals surface area (Å²) in [6, 6.07) is 0. The van der Waals surface area contributed by atoms with Gasteiger partial charge in [0.05, 0.1) is 5.60 Å². The third kappa shape index (κ3) is 1.40. The van der Waals surface area contributed by atoms with Crippen molar-refractivity contribution in [2.24, 2.45) is 5.92 Å². The first kappa shape index (κ1) is 7.80. The van der Waals surface area contributed by atoms with Crippen LogP contribution in [0.2, 0.25) is 0 Å². The van der Waals surface area contributed by atoms with Crippen LogP contribution in [0.3, 0.4) is 0 Å². The van der Waals surface area contributed by atoms with E-state index in [1.54, 1.807) is 0 Å². The summed E-state index contributed by atoms with van der Waals surface area (Å²) in [6.07, 6.45) is 6.17. The van der Waals surface area contributed by atoms with E-state index >= 15 is 0 Å². The van der Waals surface area contributed by atoms with Crippen molar-refractivity contribution in [2.45, 2.75) is 38.2 Å². The maximum absolute atomic E-state index is 9.74. The highest BCUT2D eigenvalue weighted by Gasteiger charge is 2.35. The SMILES string of the molecule is C=CCC1CCC[C@@]1(C)O. The molecule has 1 nitrogen and oxygen atoms in total. The number of hydrogen-bond acceptors (Lipinski definition) is 1. The molecule has 0 heterocycles. The molecule has 2 atom stereocenters. The van der Waals surface area contributed by atoms with Crippen LogP contribution in [0.5, 0.6) is 0 Å². The van der Waals surface area contributed by atoms with E-state index in [9.17, 15) is 5.11 Å². The van der Waals surface area contributed by atoms with Gasteiger partial charge in [0, 0.05) is 0 Å². The van der Waals surface area contributed by atoms with Crippen LogP contribution >= 0.6 is 0 Å². The van der Waals surface area contributed by atoms with Gasteiger partial charge >= 0.3 is 0 Å². The fourth-order valence-corrected chi connectivity index (χ4v) is 1.79. The quantitative estimate of drug-likeness (QED) is 0.582. The minimum Gasteiger partial charge on any atom is -0.390 e. The molecule has 0 aromatic carbocycles. The minimum atomic E-state index is -0.409. The zero-order valence-electron chi connectivity index (χ0n) is 6.64. The van der Waals surface area contributed by atoms with Crippen LogP contribution in [-0.4, -0.2) is 10.7 Å². The van der Waals surface area contributed by atoms with Crippen molar-refractivity contribution < 1.29 is 5.11 Å². The lowest BCUT2D eigenvalue weighted by Gasteiger charge is -2.24. The number of hydrogen-bond donors (Lipinski definition) is 1. The van der Waals surface area contributed by atoms with Gasteiger partial charge in [-0.3, -0.25) is 0 Å². The van der Waals surface area contributed by atoms with E-state index in [0.717, 1.165) is 12.8 Å². The summed E-state index contributed by atoms with van der Waals surface area (Å²) >= 11 is 0. The predicted octanol–water partition coefficient (Wildman–Crippen LogP) is 2.11. The van der Waals surface area contributed by atoms with E-state index in [4.69, 9.17) is 0 Å². The maximum atomic E-state index is 9.74. The number of aliphatic hydroxyl groups is 1. The van der Waals surface area contributed by atoms with Crippen molar-refractivity contribution in [1.29, 1.82) is 0 Å². The summed E-state index contributed by atoms with van der Waals surface area (Å²) in [6.45, 7) is 5.62. The van der Waals surface area contributed by atoms with Crippen molar-refractivity contribution in [3.8, 4) is 0 Å². The van der Waals surface area contributed by atoms with Gasteiger partial charge in [-0.05, 0) is 32.1 Å². The summed E-state index contributed by atoms with van der Waals surface area (Å²) in [5.74, 6) is 0.463. The molecule has 1 aliphatic carbocycles. The van der Waals surface area contributed by atoms with Crippen LogP contribution in [0, 0.1) is 5.92 Å². The first-order valence-corrected chi connectivity index (χ1v) is 4.00. The first-order chi connectivity index (χ1) is 4.67. The van der Waals surface area contributed by atoms with Crippen molar-refractivity contribution in [3.63, 3.8) is 0 Å². The van der Waals surface area contributed by atoms with Crippen LogP contribution in [-0.2, 0) is 0 Å². The molecule has 1 unspecified atom stereocenters. The molecule has 1 saturated carbocycles. The standard InChI is InChI=1S/C9H16O/c1-3-5-8-6-4-7-9(8,2)10/h3,8,10H,1,4-7H2,2H3/t8?,9-/m1/s1. The lowest BCUT2D eigenvalue weighted by molar-refractivity contribution is 0.0224. The Morgan fingerprint density at radius 1 is 1.80 bits per heavy atom. The molecular formula is C9H16O. The molecule has 0 saturated heterocycles. The molecule has 10 heavy (non-hydrogen) atoms. The molecular weight excluding hydrogens is 124 g/mol. The van der Waals surface area contributed by atoms with Gasteiger partial charge in [0.2, 0.25) is 0 Å². The second-order valence-corrected chi connectivity index (χ2v) is 3.47. The van der Waals surface area contributed by atoms with Gasteiger partial charge in [-0.25, -0.2) is 0 Å². The Bertz CT molecular complexity index is 127. The van der Waals surface area contributed by atoms with Gasteiger partial charge < -0.3 is 5.11 Å². The van der Waals surface area contributed by atoms with E-state index in [-0.39, 0.29) is 0 Å². The molecule has 0 aromatic rings. The Morgan fingerprint density at radius 2 is 2.50 bits per heavy atom. The third-order valence-corrected chi connectivity index (χ3v) is 2.57. The molecule has 0 aliphatic heterocycles. The molecule has 0 spiro atoms. The van der Waals surface area contributed by atoms with E-state index in [0.29, 0.717) is 5.92 Å². The van der Waals surface area contributed by atoms with Crippen LogP contribution in [0.4, 0.5) is 0 Å². The number of rotatable bonds is 2. The van der Waals surface area contributed by atoms with Gasteiger partial charge in [0.25, 0.3) is 0 Å². The van der Waals surface area contributed by atoms with Gasteiger partial charge in [0.15, 0.2) is 0 Å². The summed E-state index contributed by atoms with van der Waals surface area (Å²) in [5.41, 5.74) is -0.409. The van der Waals surface area contributed by atoms with Crippen LogP contribution in [0.15, 0.2) is 12.7 Å². The summed E-state index contributed by atoms with van der Waals surface area (Å²) in [5, 5.41) is 9.74. The Hall–Kier alpha value is -0.300. The smallest absolute Gasteiger partial charge is 0.0650 e. The molecule has 58 valence electrons. The highest BCUT2D eigenvalue weighted by atomic mass is 16.3.